The van der Waals surface area contributed by atoms with Crippen molar-refractivity contribution in [2.75, 3.05) is 5.32 Å². The van der Waals surface area contributed by atoms with Crippen LogP contribution in [0.15, 0.2) is 66.7 Å². The summed E-state index contributed by atoms with van der Waals surface area (Å²) in [6, 6.07) is 19.5. The van der Waals surface area contributed by atoms with Gasteiger partial charge in [0.25, 0.3) is 5.91 Å². The van der Waals surface area contributed by atoms with Gasteiger partial charge in [-0.2, -0.15) is 0 Å². The summed E-state index contributed by atoms with van der Waals surface area (Å²) >= 11 is 5.97. The Bertz CT molecular complexity index is 939. The summed E-state index contributed by atoms with van der Waals surface area (Å²) in [5, 5.41) is 3.42. The first-order chi connectivity index (χ1) is 11.7. The van der Waals surface area contributed by atoms with Gasteiger partial charge in [-0.15, -0.1) is 0 Å². The number of para-hydroxylation sites is 2. The number of carbonyl (C=O) groups excluding carboxylic acids is 1. The van der Waals surface area contributed by atoms with Crippen LogP contribution in [0.3, 0.4) is 0 Å². The van der Waals surface area contributed by atoms with Crippen molar-refractivity contribution in [2.24, 2.45) is 0 Å². The number of anilines is 1. The van der Waals surface area contributed by atoms with Crippen LogP contribution in [-0.4, -0.2) is 5.91 Å². The van der Waals surface area contributed by atoms with E-state index >= 15 is 0 Å². The van der Waals surface area contributed by atoms with Crippen molar-refractivity contribution in [3.63, 3.8) is 0 Å². The van der Waals surface area contributed by atoms with Gasteiger partial charge in [-0.05, 0) is 42.5 Å². The highest BCUT2D eigenvalue weighted by Gasteiger charge is 2.21. The maximum absolute atomic E-state index is 12.3. The van der Waals surface area contributed by atoms with Crippen molar-refractivity contribution in [3.8, 4) is 23.0 Å². The van der Waals surface area contributed by atoms with E-state index in [0.29, 0.717) is 39.3 Å². The van der Waals surface area contributed by atoms with Crippen molar-refractivity contribution in [1.29, 1.82) is 0 Å². The average Bonchev–Trinajstić information content (AvgIpc) is 2.70. The van der Waals surface area contributed by atoms with Crippen molar-refractivity contribution in [1.82, 2.24) is 0 Å². The third kappa shape index (κ3) is 2.79. The number of hydrogen-bond donors (Lipinski definition) is 1. The van der Waals surface area contributed by atoms with Crippen molar-refractivity contribution in [2.45, 2.75) is 0 Å². The molecule has 1 aliphatic rings. The Morgan fingerprint density at radius 1 is 0.875 bits per heavy atom. The lowest BCUT2D eigenvalue weighted by Crippen LogP contribution is -2.10. The van der Waals surface area contributed by atoms with Gasteiger partial charge in [0.2, 0.25) is 0 Å². The lowest BCUT2D eigenvalue weighted by molar-refractivity contribution is 0.102. The first-order valence-corrected chi connectivity index (χ1v) is 7.72. The molecule has 0 atom stereocenters. The first kappa shape index (κ1) is 14.6. The molecular formula is C19H12ClNO3. The molecule has 4 nitrogen and oxygen atoms in total. The molecule has 0 unspecified atom stereocenters. The van der Waals surface area contributed by atoms with E-state index < -0.39 is 0 Å². The Morgan fingerprint density at radius 3 is 2.58 bits per heavy atom. The topological polar surface area (TPSA) is 47.6 Å². The van der Waals surface area contributed by atoms with Crippen molar-refractivity contribution >= 4 is 23.2 Å². The molecule has 24 heavy (non-hydrogen) atoms. The maximum atomic E-state index is 12.3. The van der Waals surface area contributed by atoms with Gasteiger partial charge in [-0.1, -0.05) is 29.8 Å². The lowest BCUT2D eigenvalue weighted by atomic mass is 10.2. The predicted molar refractivity (Wildman–Crippen MR) is 92.4 cm³/mol. The summed E-state index contributed by atoms with van der Waals surface area (Å²) in [6.45, 7) is 0. The highest BCUT2D eigenvalue weighted by molar-refractivity contribution is 6.30. The fraction of sp³-hybridized carbons (Fsp3) is 0. The van der Waals surface area contributed by atoms with Gasteiger partial charge < -0.3 is 14.8 Å². The van der Waals surface area contributed by atoms with Gasteiger partial charge >= 0.3 is 0 Å². The van der Waals surface area contributed by atoms with E-state index in [-0.39, 0.29) is 5.91 Å². The van der Waals surface area contributed by atoms with Crippen LogP contribution >= 0.6 is 11.6 Å². The van der Waals surface area contributed by atoms with E-state index in [0.717, 1.165) is 0 Å². The number of amides is 1. The second kappa shape index (κ2) is 5.91. The third-order valence-electron chi connectivity index (χ3n) is 3.58. The van der Waals surface area contributed by atoms with Crippen LogP contribution in [0.2, 0.25) is 5.02 Å². The number of ether oxygens (including phenoxy) is 2. The Hall–Kier alpha value is -2.98. The summed E-state index contributed by atoms with van der Waals surface area (Å²) < 4.78 is 11.7. The predicted octanol–water partition coefficient (Wildman–Crippen LogP) is 5.49. The van der Waals surface area contributed by atoms with Gasteiger partial charge in [-0.25, -0.2) is 0 Å². The quantitative estimate of drug-likeness (QED) is 0.672. The van der Waals surface area contributed by atoms with Crippen LogP contribution in [-0.2, 0) is 0 Å². The zero-order chi connectivity index (χ0) is 16.5. The van der Waals surface area contributed by atoms with E-state index in [2.05, 4.69) is 5.32 Å². The molecule has 1 heterocycles. The summed E-state index contributed by atoms with van der Waals surface area (Å²) in [7, 11) is 0. The molecule has 0 aromatic heterocycles. The van der Waals surface area contributed by atoms with E-state index in [4.69, 9.17) is 21.1 Å². The maximum Gasteiger partial charge on any atom is 0.259 e. The van der Waals surface area contributed by atoms with Gasteiger partial charge in [0.05, 0.1) is 11.3 Å². The largest absolute Gasteiger partial charge is 0.457 e. The minimum Gasteiger partial charge on any atom is -0.457 e. The summed E-state index contributed by atoms with van der Waals surface area (Å²) in [6.07, 6.45) is 0. The number of rotatable bonds is 2. The van der Waals surface area contributed by atoms with Crippen molar-refractivity contribution < 1.29 is 14.3 Å². The highest BCUT2D eigenvalue weighted by Crippen LogP contribution is 2.38. The van der Waals surface area contributed by atoms with Crippen LogP contribution in [0.25, 0.3) is 0 Å². The van der Waals surface area contributed by atoms with Crippen LogP contribution in [0.5, 0.6) is 23.0 Å². The van der Waals surface area contributed by atoms with Crippen LogP contribution < -0.4 is 14.8 Å². The van der Waals surface area contributed by atoms with Gasteiger partial charge in [0.1, 0.15) is 17.2 Å². The second-order valence-electron chi connectivity index (χ2n) is 5.27. The second-order valence-corrected chi connectivity index (χ2v) is 5.71. The first-order valence-electron chi connectivity index (χ1n) is 7.35. The number of fused-ring (bicyclic) bond motifs is 2. The van der Waals surface area contributed by atoms with E-state index in [1.165, 1.54) is 0 Å². The van der Waals surface area contributed by atoms with E-state index in [1.54, 1.807) is 54.6 Å². The SMILES string of the molecule is O=C1Nc2ccccc2Oc2cc(Oc3cccc(Cl)c3)ccc21. The number of benzene rings is 3. The summed E-state index contributed by atoms with van der Waals surface area (Å²) in [4.78, 5) is 12.3. The van der Waals surface area contributed by atoms with E-state index in [1.807, 2.05) is 12.1 Å². The Morgan fingerprint density at radius 2 is 1.71 bits per heavy atom. The Kier molecular flexibility index (Phi) is 3.59. The molecule has 0 saturated heterocycles. The molecular weight excluding hydrogens is 326 g/mol. The molecule has 1 aliphatic heterocycles. The average molecular weight is 338 g/mol. The molecule has 5 heteroatoms. The molecule has 0 saturated carbocycles. The Balaban J connectivity index is 1.70. The van der Waals surface area contributed by atoms with Crippen molar-refractivity contribution in [3.05, 3.63) is 77.3 Å². The minimum atomic E-state index is -0.218. The molecule has 1 N–H and O–H groups in total. The molecule has 0 spiro atoms. The number of carbonyl (C=O) groups is 1. The zero-order valence-electron chi connectivity index (χ0n) is 12.5. The third-order valence-corrected chi connectivity index (χ3v) is 3.82. The molecule has 0 radical (unpaired) electrons. The van der Waals surface area contributed by atoms with Gasteiger partial charge in [0, 0.05) is 11.1 Å². The van der Waals surface area contributed by atoms with Gasteiger partial charge in [0.15, 0.2) is 5.75 Å². The molecule has 118 valence electrons. The molecule has 3 aromatic carbocycles. The minimum absolute atomic E-state index is 0.218. The van der Waals surface area contributed by atoms with E-state index in [9.17, 15) is 4.79 Å². The number of hydrogen-bond acceptors (Lipinski definition) is 3. The smallest absolute Gasteiger partial charge is 0.259 e. The number of halogens is 1. The molecule has 4 rings (SSSR count). The number of nitrogens with one attached hydrogen (secondary N) is 1. The zero-order valence-corrected chi connectivity index (χ0v) is 13.2. The summed E-state index contributed by atoms with van der Waals surface area (Å²) in [5.74, 6) is 1.98. The molecule has 3 aromatic rings. The molecule has 0 bridgehead atoms. The monoisotopic (exact) mass is 337 g/mol. The van der Waals surface area contributed by atoms with Crippen LogP contribution in [0, 0.1) is 0 Å². The fourth-order valence-electron chi connectivity index (χ4n) is 2.47. The van der Waals surface area contributed by atoms with Crippen LogP contribution in [0.1, 0.15) is 10.4 Å². The highest BCUT2D eigenvalue weighted by atomic mass is 35.5. The fourth-order valence-corrected chi connectivity index (χ4v) is 2.65. The molecule has 0 aliphatic carbocycles. The van der Waals surface area contributed by atoms with Crippen LogP contribution in [0.4, 0.5) is 5.69 Å². The molecule has 0 fully saturated rings. The lowest BCUT2D eigenvalue weighted by Gasteiger charge is -2.10. The standard InChI is InChI=1S/C19H12ClNO3/c20-12-4-3-5-13(10-12)23-14-8-9-15-18(11-14)24-17-7-2-1-6-16(17)21-19(15)22/h1-11H,(H,21,22). The molecule has 1 amide bonds. The van der Waals surface area contributed by atoms with Gasteiger partial charge in [-0.3, -0.25) is 4.79 Å². The Labute approximate surface area is 143 Å². The summed E-state index contributed by atoms with van der Waals surface area (Å²) in [5.41, 5.74) is 1.08. The normalized spacial score (nSPS) is 12.3.